The predicted molar refractivity (Wildman–Crippen MR) is 56.6 cm³/mol. The number of carbonyl (C=O) groups excluding carboxylic acids is 2. The molecule has 0 N–H and O–H groups in total. The first kappa shape index (κ1) is 14.1. The largest absolute Gasteiger partial charge is 0.455 e. The van der Waals surface area contributed by atoms with E-state index in [0.29, 0.717) is 6.42 Å². The van der Waals surface area contributed by atoms with Gasteiger partial charge in [-0.3, -0.25) is 9.59 Å². The molecule has 0 aliphatic carbocycles. The Labute approximate surface area is 90.9 Å². The summed E-state index contributed by atoms with van der Waals surface area (Å²) in [6.07, 6.45) is 2.44. The van der Waals surface area contributed by atoms with Crippen molar-refractivity contribution in [2.24, 2.45) is 0 Å². The molecule has 0 aromatic rings. The van der Waals surface area contributed by atoms with Crippen LogP contribution in [0, 0.1) is 0 Å². The van der Waals surface area contributed by atoms with Crippen molar-refractivity contribution >= 4 is 11.8 Å². The van der Waals surface area contributed by atoms with Crippen LogP contribution < -0.4 is 0 Å². The van der Waals surface area contributed by atoms with Crippen LogP contribution in [0.25, 0.3) is 0 Å². The van der Waals surface area contributed by atoms with Gasteiger partial charge in [0.05, 0.1) is 0 Å². The van der Waals surface area contributed by atoms with E-state index >= 15 is 0 Å². The number of ether oxygens (including phenoxy) is 2. The zero-order valence-corrected chi connectivity index (χ0v) is 9.75. The number of hydrogen-bond donors (Lipinski definition) is 0. The maximum Gasteiger partial charge on any atom is 0.306 e. The molecule has 0 fully saturated rings. The SMILES string of the molecule is COCCCCCC(=O)OC(C)C(C)=O. The summed E-state index contributed by atoms with van der Waals surface area (Å²) in [5.74, 6) is -0.419. The Balaban J connectivity index is 3.45. The molecule has 0 bridgehead atoms. The maximum atomic E-state index is 11.2. The third kappa shape index (κ3) is 8.12. The molecule has 0 saturated heterocycles. The van der Waals surface area contributed by atoms with Crippen molar-refractivity contribution in [2.75, 3.05) is 13.7 Å². The number of unbranched alkanes of at least 4 members (excludes halogenated alkanes) is 2. The minimum atomic E-state index is -0.614. The summed E-state index contributed by atoms with van der Waals surface area (Å²) in [7, 11) is 1.66. The fraction of sp³-hybridized carbons (Fsp3) is 0.818. The minimum Gasteiger partial charge on any atom is -0.455 e. The van der Waals surface area contributed by atoms with Crippen LogP contribution in [0.2, 0.25) is 0 Å². The van der Waals surface area contributed by atoms with Crippen molar-refractivity contribution < 1.29 is 19.1 Å². The molecular weight excluding hydrogens is 196 g/mol. The van der Waals surface area contributed by atoms with Gasteiger partial charge in [-0.05, 0) is 26.7 Å². The molecule has 0 saturated carbocycles. The van der Waals surface area contributed by atoms with Gasteiger partial charge < -0.3 is 9.47 Å². The lowest BCUT2D eigenvalue weighted by Crippen LogP contribution is -2.21. The average Bonchev–Trinajstić information content (AvgIpc) is 2.17. The number of hydrogen-bond acceptors (Lipinski definition) is 4. The molecule has 1 atom stereocenters. The molecule has 0 amide bonds. The van der Waals surface area contributed by atoms with Crippen LogP contribution in [0.5, 0.6) is 0 Å². The van der Waals surface area contributed by atoms with Gasteiger partial charge in [-0.15, -0.1) is 0 Å². The molecule has 4 nitrogen and oxygen atoms in total. The van der Waals surface area contributed by atoms with E-state index in [9.17, 15) is 9.59 Å². The highest BCUT2D eigenvalue weighted by Gasteiger charge is 2.12. The van der Waals surface area contributed by atoms with Crippen molar-refractivity contribution in [3.63, 3.8) is 0 Å². The number of ketones is 1. The number of rotatable bonds is 8. The van der Waals surface area contributed by atoms with Crippen molar-refractivity contribution in [1.29, 1.82) is 0 Å². The molecule has 0 aliphatic heterocycles. The highest BCUT2D eigenvalue weighted by Crippen LogP contribution is 2.03. The van der Waals surface area contributed by atoms with Crippen LogP contribution in [0.1, 0.15) is 39.5 Å². The first-order valence-corrected chi connectivity index (χ1v) is 5.26. The van der Waals surface area contributed by atoms with E-state index in [4.69, 9.17) is 9.47 Å². The van der Waals surface area contributed by atoms with Gasteiger partial charge >= 0.3 is 5.97 Å². The molecule has 0 aromatic heterocycles. The average molecular weight is 216 g/mol. The van der Waals surface area contributed by atoms with Gasteiger partial charge in [0.2, 0.25) is 0 Å². The lowest BCUT2D eigenvalue weighted by molar-refractivity contribution is -0.153. The Hall–Kier alpha value is -0.900. The second-order valence-electron chi connectivity index (χ2n) is 3.55. The van der Waals surface area contributed by atoms with Gasteiger partial charge in [-0.1, -0.05) is 6.42 Å². The topological polar surface area (TPSA) is 52.6 Å². The molecule has 0 heterocycles. The molecule has 0 spiro atoms. The van der Waals surface area contributed by atoms with Crippen LogP contribution in [0.3, 0.4) is 0 Å². The zero-order chi connectivity index (χ0) is 11.7. The minimum absolute atomic E-state index is 0.122. The Morgan fingerprint density at radius 1 is 1.20 bits per heavy atom. The number of methoxy groups -OCH3 is 1. The van der Waals surface area contributed by atoms with E-state index < -0.39 is 6.10 Å². The first-order chi connectivity index (χ1) is 7.07. The smallest absolute Gasteiger partial charge is 0.306 e. The van der Waals surface area contributed by atoms with Gasteiger partial charge in [-0.25, -0.2) is 0 Å². The van der Waals surface area contributed by atoms with Gasteiger partial charge in [0, 0.05) is 20.1 Å². The summed E-state index contributed by atoms with van der Waals surface area (Å²) in [4.78, 5) is 22.0. The summed E-state index contributed by atoms with van der Waals surface area (Å²) >= 11 is 0. The van der Waals surface area contributed by atoms with Crippen molar-refractivity contribution in [1.82, 2.24) is 0 Å². The molecule has 1 unspecified atom stereocenters. The second-order valence-corrected chi connectivity index (χ2v) is 3.55. The van der Waals surface area contributed by atoms with Crippen molar-refractivity contribution in [2.45, 2.75) is 45.6 Å². The van der Waals surface area contributed by atoms with E-state index in [1.54, 1.807) is 14.0 Å². The monoisotopic (exact) mass is 216 g/mol. The standard InChI is InChI=1S/C11H20O4/c1-9(12)10(2)15-11(13)7-5-4-6-8-14-3/h10H,4-8H2,1-3H3. The molecule has 0 aromatic carbocycles. The Morgan fingerprint density at radius 3 is 2.40 bits per heavy atom. The third-order valence-corrected chi connectivity index (χ3v) is 2.11. The molecular formula is C11H20O4. The van der Waals surface area contributed by atoms with Crippen LogP contribution in [0.4, 0.5) is 0 Å². The lowest BCUT2D eigenvalue weighted by atomic mass is 10.2. The Kier molecular flexibility index (Phi) is 7.91. The van der Waals surface area contributed by atoms with E-state index in [1.807, 2.05) is 0 Å². The van der Waals surface area contributed by atoms with Gasteiger partial charge in [0.15, 0.2) is 11.9 Å². The van der Waals surface area contributed by atoms with Crippen LogP contribution in [-0.2, 0) is 19.1 Å². The summed E-state index contributed by atoms with van der Waals surface area (Å²) < 4.78 is 9.78. The summed E-state index contributed by atoms with van der Waals surface area (Å²) in [6.45, 7) is 3.72. The highest BCUT2D eigenvalue weighted by atomic mass is 16.5. The van der Waals surface area contributed by atoms with Crippen molar-refractivity contribution in [3.8, 4) is 0 Å². The molecule has 15 heavy (non-hydrogen) atoms. The van der Waals surface area contributed by atoms with E-state index in [2.05, 4.69) is 0 Å². The van der Waals surface area contributed by atoms with E-state index in [0.717, 1.165) is 25.9 Å². The maximum absolute atomic E-state index is 11.2. The normalized spacial score (nSPS) is 12.2. The van der Waals surface area contributed by atoms with Crippen LogP contribution >= 0.6 is 0 Å². The van der Waals surface area contributed by atoms with Crippen molar-refractivity contribution in [3.05, 3.63) is 0 Å². The molecule has 4 heteroatoms. The number of Topliss-reactive ketones (excluding diaryl/α,β-unsaturated/α-hetero) is 1. The fourth-order valence-corrected chi connectivity index (χ4v) is 1.03. The molecule has 0 rings (SSSR count). The molecule has 0 aliphatic rings. The van der Waals surface area contributed by atoms with Crippen LogP contribution in [0.15, 0.2) is 0 Å². The van der Waals surface area contributed by atoms with Gasteiger partial charge in [-0.2, -0.15) is 0 Å². The quantitative estimate of drug-likeness (QED) is 0.458. The molecule has 88 valence electrons. The Morgan fingerprint density at radius 2 is 1.87 bits per heavy atom. The second kappa shape index (κ2) is 8.41. The van der Waals surface area contributed by atoms with E-state index in [1.165, 1.54) is 6.92 Å². The summed E-state index contributed by atoms with van der Waals surface area (Å²) in [6, 6.07) is 0. The van der Waals surface area contributed by atoms with E-state index in [-0.39, 0.29) is 11.8 Å². The zero-order valence-electron chi connectivity index (χ0n) is 9.75. The predicted octanol–water partition coefficient (Wildman–Crippen LogP) is 1.71. The van der Waals surface area contributed by atoms with Crippen LogP contribution in [-0.4, -0.2) is 31.6 Å². The fourth-order valence-electron chi connectivity index (χ4n) is 1.03. The molecule has 0 radical (unpaired) electrons. The summed E-state index contributed by atoms with van der Waals surface area (Å²) in [5, 5.41) is 0. The Bertz CT molecular complexity index is 201. The number of esters is 1. The lowest BCUT2D eigenvalue weighted by Gasteiger charge is -2.09. The van der Waals surface area contributed by atoms with Gasteiger partial charge in [0.1, 0.15) is 0 Å². The first-order valence-electron chi connectivity index (χ1n) is 5.26. The third-order valence-electron chi connectivity index (χ3n) is 2.11. The number of carbonyl (C=O) groups is 2. The van der Waals surface area contributed by atoms with Gasteiger partial charge in [0.25, 0.3) is 0 Å². The highest BCUT2D eigenvalue weighted by molar-refractivity contribution is 5.83. The summed E-state index contributed by atoms with van der Waals surface area (Å²) in [5.41, 5.74) is 0.